The van der Waals surface area contributed by atoms with E-state index in [0.29, 0.717) is 0 Å². The monoisotopic (exact) mass is 141 g/mol. The highest BCUT2D eigenvalue weighted by Gasteiger charge is 1.92. The first-order valence-corrected chi connectivity index (χ1v) is 2.96. The van der Waals surface area contributed by atoms with E-state index in [1.54, 1.807) is 13.0 Å². The van der Waals surface area contributed by atoms with Crippen molar-refractivity contribution in [3.63, 3.8) is 0 Å². The van der Waals surface area contributed by atoms with Gasteiger partial charge < -0.3 is 4.74 Å². The molecule has 56 valence electrons. The molecule has 0 saturated heterocycles. The normalized spacial score (nSPS) is 9.30. The largest absolute Gasteiger partial charge is 0.445 e. The first-order valence-electron chi connectivity index (χ1n) is 2.96. The van der Waals surface area contributed by atoms with Gasteiger partial charge in [0, 0.05) is 6.20 Å². The maximum absolute atomic E-state index is 10.5. The second kappa shape index (κ2) is 5.88. The molecule has 0 aromatic carbocycles. The molecule has 0 bridgehead atoms. The lowest BCUT2D eigenvalue weighted by Crippen LogP contribution is -2.18. The standard InChI is InChI=1S/C7H11NO2/c1-3-5-8-7(9)10-6-4-2/h3-5H,2,6H2,1H3,(H,8,9)/b5-3+. The number of carbonyl (C=O) groups excluding carboxylic acids is 1. The molecule has 0 aliphatic carbocycles. The molecule has 1 amide bonds. The first-order chi connectivity index (χ1) is 4.81. The van der Waals surface area contributed by atoms with Crippen LogP contribution in [-0.2, 0) is 4.74 Å². The topological polar surface area (TPSA) is 38.3 Å². The lowest BCUT2D eigenvalue weighted by atomic mass is 10.7. The first kappa shape index (κ1) is 8.75. The van der Waals surface area contributed by atoms with E-state index in [4.69, 9.17) is 0 Å². The van der Waals surface area contributed by atoms with Crippen LogP contribution in [0.15, 0.2) is 24.9 Å². The number of rotatable bonds is 3. The van der Waals surface area contributed by atoms with E-state index in [1.807, 2.05) is 0 Å². The Labute approximate surface area is 60.4 Å². The minimum Gasteiger partial charge on any atom is -0.445 e. The number of nitrogens with one attached hydrogen (secondary N) is 1. The second-order valence-corrected chi connectivity index (χ2v) is 1.53. The number of hydrogen-bond acceptors (Lipinski definition) is 2. The van der Waals surface area contributed by atoms with Crippen molar-refractivity contribution < 1.29 is 9.53 Å². The highest BCUT2D eigenvalue weighted by atomic mass is 16.5. The highest BCUT2D eigenvalue weighted by molar-refractivity contribution is 5.68. The summed E-state index contributed by atoms with van der Waals surface area (Å²) in [5.74, 6) is 0. The van der Waals surface area contributed by atoms with Gasteiger partial charge in [-0.1, -0.05) is 18.7 Å². The Kier molecular flexibility index (Phi) is 5.14. The SMILES string of the molecule is C=CCOC(=O)N/C=C/C. The zero-order valence-corrected chi connectivity index (χ0v) is 5.96. The molecule has 10 heavy (non-hydrogen) atoms. The van der Waals surface area contributed by atoms with Crippen LogP contribution >= 0.6 is 0 Å². The van der Waals surface area contributed by atoms with E-state index in [-0.39, 0.29) is 6.61 Å². The summed E-state index contributed by atoms with van der Waals surface area (Å²) in [7, 11) is 0. The summed E-state index contributed by atoms with van der Waals surface area (Å²) in [6.45, 7) is 5.43. The third-order valence-electron chi connectivity index (χ3n) is 0.700. The van der Waals surface area contributed by atoms with Crippen LogP contribution in [0.4, 0.5) is 4.79 Å². The molecule has 0 rings (SSSR count). The smallest absolute Gasteiger partial charge is 0.411 e. The summed E-state index contributed by atoms with van der Waals surface area (Å²) in [5.41, 5.74) is 0. The van der Waals surface area contributed by atoms with E-state index in [2.05, 4.69) is 16.6 Å². The predicted octanol–water partition coefficient (Wildman–Crippen LogP) is 1.43. The second-order valence-electron chi connectivity index (χ2n) is 1.53. The van der Waals surface area contributed by atoms with Crippen molar-refractivity contribution in [2.24, 2.45) is 0 Å². The molecule has 0 atom stereocenters. The lowest BCUT2D eigenvalue weighted by molar-refractivity contribution is 0.162. The Morgan fingerprint density at radius 3 is 3.00 bits per heavy atom. The predicted molar refractivity (Wildman–Crippen MR) is 39.5 cm³/mol. The van der Waals surface area contributed by atoms with E-state index in [1.165, 1.54) is 12.3 Å². The van der Waals surface area contributed by atoms with Crippen molar-refractivity contribution in [1.29, 1.82) is 0 Å². The summed E-state index contributed by atoms with van der Waals surface area (Å²) in [6.07, 6.45) is 4.26. The summed E-state index contributed by atoms with van der Waals surface area (Å²) >= 11 is 0. The van der Waals surface area contributed by atoms with Gasteiger partial charge in [0.2, 0.25) is 0 Å². The molecule has 0 heterocycles. The van der Waals surface area contributed by atoms with Crippen LogP contribution in [0.25, 0.3) is 0 Å². The van der Waals surface area contributed by atoms with Crippen LogP contribution in [-0.4, -0.2) is 12.7 Å². The fraction of sp³-hybridized carbons (Fsp3) is 0.286. The van der Waals surface area contributed by atoms with Crippen molar-refractivity contribution in [2.45, 2.75) is 6.92 Å². The van der Waals surface area contributed by atoms with Crippen molar-refractivity contribution in [2.75, 3.05) is 6.61 Å². The maximum atomic E-state index is 10.5. The van der Waals surface area contributed by atoms with E-state index in [9.17, 15) is 4.79 Å². The molecule has 0 spiro atoms. The minimum absolute atomic E-state index is 0.239. The minimum atomic E-state index is -0.460. The third kappa shape index (κ3) is 4.90. The molecular weight excluding hydrogens is 130 g/mol. The number of allylic oxidation sites excluding steroid dienone is 1. The fourth-order valence-corrected chi connectivity index (χ4v) is 0.328. The Bertz CT molecular complexity index is 141. The van der Waals surface area contributed by atoms with Crippen molar-refractivity contribution >= 4 is 6.09 Å². The van der Waals surface area contributed by atoms with Gasteiger partial charge in [-0.25, -0.2) is 4.79 Å². The van der Waals surface area contributed by atoms with Gasteiger partial charge in [-0.05, 0) is 6.92 Å². The van der Waals surface area contributed by atoms with Crippen LogP contribution in [0.2, 0.25) is 0 Å². The number of amides is 1. The van der Waals surface area contributed by atoms with Crippen LogP contribution in [0.1, 0.15) is 6.92 Å². The molecule has 0 aromatic rings. The summed E-state index contributed by atoms with van der Waals surface area (Å²) < 4.78 is 4.57. The van der Waals surface area contributed by atoms with Crippen LogP contribution in [0, 0.1) is 0 Å². The van der Waals surface area contributed by atoms with E-state index >= 15 is 0 Å². The van der Waals surface area contributed by atoms with Gasteiger partial charge in [-0.15, -0.1) is 0 Å². The van der Waals surface area contributed by atoms with Gasteiger partial charge >= 0.3 is 6.09 Å². The molecule has 3 heteroatoms. The molecule has 0 unspecified atom stereocenters. The quantitative estimate of drug-likeness (QED) is 0.604. The van der Waals surface area contributed by atoms with E-state index in [0.717, 1.165) is 0 Å². The van der Waals surface area contributed by atoms with Crippen molar-refractivity contribution in [3.8, 4) is 0 Å². The molecule has 0 radical (unpaired) electrons. The Balaban J connectivity index is 3.34. The van der Waals surface area contributed by atoms with Crippen LogP contribution < -0.4 is 5.32 Å². The van der Waals surface area contributed by atoms with Crippen molar-refractivity contribution in [3.05, 3.63) is 24.9 Å². The Hall–Kier alpha value is -1.25. The summed E-state index contributed by atoms with van der Waals surface area (Å²) in [5, 5.41) is 2.38. The van der Waals surface area contributed by atoms with Crippen molar-refractivity contribution in [1.82, 2.24) is 5.32 Å². The van der Waals surface area contributed by atoms with Crippen LogP contribution in [0.3, 0.4) is 0 Å². The molecule has 0 aromatic heterocycles. The third-order valence-corrected chi connectivity index (χ3v) is 0.700. The molecule has 0 aliphatic heterocycles. The fourth-order valence-electron chi connectivity index (χ4n) is 0.328. The van der Waals surface area contributed by atoms with Gasteiger partial charge in [0.15, 0.2) is 0 Å². The van der Waals surface area contributed by atoms with Crippen LogP contribution in [0.5, 0.6) is 0 Å². The lowest BCUT2D eigenvalue weighted by Gasteiger charge is -1.98. The number of ether oxygens (including phenoxy) is 1. The highest BCUT2D eigenvalue weighted by Crippen LogP contribution is 1.77. The molecule has 0 aliphatic rings. The van der Waals surface area contributed by atoms with Gasteiger partial charge in [0.25, 0.3) is 0 Å². The van der Waals surface area contributed by atoms with Gasteiger partial charge in [0.1, 0.15) is 6.61 Å². The number of hydrogen-bond donors (Lipinski definition) is 1. The maximum Gasteiger partial charge on any atom is 0.411 e. The Morgan fingerprint density at radius 1 is 1.80 bits per heavy atom. The van der Waals surface area contributed by atoms with Gasteiger partial charge in [0.05, 0.1) is 0 Å². The van der Waals surface area contributed by atoms with Gasteiger partial charge in [-0.3, -0.25) is 5.32 Å². The molecular formula is C7H11NO2. The molecule has 0 fully saturated rings. The van der Waals surface area contributed by atoms with Gasteiger partial charge in [-0.2, -0.15) is 0 Å². The molecule has 0 saturated carbocycles. The summed E-state index contributed by atoms with van der Waals surface area (Å²) in [6, 6.07) is 0. The van der Waals surface area contributed by atoms with E-state index < -0.39 is 6.09 Å². The number of alkyl carbamates (subject to hydrolysis) is 1. The zero-order valence-electron chi connectivity index (χ0n) is 5.96. The average Bonchev–Trinajstić information content (AvgIpc) is 1.97. The number of carbonyl (C=O) groups is 1. The average molecular weight is 141 g/mol. The molecule has 1 N–H and O–H groups in total. The summed E-state index contributed by atoms with van der Waals surface area (Å²) in [4.78, 5) is 10.5. The zero-order chi connectivity index (χ0) is 7.82. The molecule has 3 nitrogen and oxygen atoms in total. The Morgan fingerprint density at radius 2 is 2.50 bits per heavy atom.